The second-order valence-corrected chi connectivity index (χ2v) is 12.0. The Morgan fingerprint density at radius 3 is 2.57 bits per heavy atom. The van der Waals surface area contributed by atoms with Crippen molar-refractivity contribution in [1.29, 1.82) is 0 Å². The molecule has 1 aliphatic heterocycles. The summed E-state index contributed by atoms with van der Waals surface area (Å²) >= 11 is 6.68. The summed E-state index contributed by atoms with van der Waals surface area (Å²) in [5, 5.41) is 9.71. The number of anilines is 1. The molecule has 3 rings (SSSR count). The molecule has 8 heteroatoms. The van der Waals surface area contributed by atoms with Crippen molar-refractivity contribution in [2.24, 2.45) is 11.8 Å². The summed E-state index contributed by atoms with van der Waals surface area (Å²) in [6.45, 7) is 7.94. The summed E-state index contributed by atoms with van der Waals surface area (Å²) in [5.41, 5.74) is 2.03. The van der Waals surface area contributed by atoms with E-state index in [1.807, 2.05) is 30.1 Å². The molecule has 1 heterocycles. The highest BCUT2D eigenvalue weighted by Gasteiger charge is 2.41. The number of hydrogen-bond donors (Lipinski definition) is 1. The molecule has 0 bridgehead atoms. The van der Waals surface area contributed by atoms with Crippen LogP contribution < -0.4 is 4.90 Å². The van der Waals surface area contributed by atoms with Gasteiger partial charge in [0.25, 0.3) is 0 Å². The molecule has 35 heavy (non-hydrogen) atoms. The summed E-state index contributed by atoms with van der Waals surface area (Å²) in [6, 6.07) is 3.20. The Balaban J connectivity index is 2.17. The van der Waals surface area contributed by atoms with Crippen molar-refractivity contribution >= 4 is 33.3 Å². The lowest BCUT2D eigenvalue weighted by Crippen LogP contribution is -2.46. The van der Waals surface area contributed by atoms with E-state index in [1.165, 1.54) is 6.42 Å². The molecule has 0 saturated heterocycles. The van der Waals surface area contributed by atoms with Crippen LogP contribution in [0.15, 0.2) is 53.6 Å². The number of carboxylic acid groups (broad SMARTS) is 1. The van der Waals surface area contributed by atoms with Crippen LogP contribution in [-0.4, -0.2) is 43.4 Å². The first-order valence-electron chi connectivity index (χ1n) is 12.4. The molecule has 0 amide bonds. The Morgan fingerprint density at radius 2 is 1.97 bits per heavy atom. The molecule has 1 N–H and O–H groups in total. The van der Waals surface area contributed by atoms with E-state index in [1.54, 1.807) is 36.5 Å². The van der Waals surface area contributed by atoms with E-state index < -0.39 is 21.9 Å². The lowest BCUT2D eigenvalue weighted by molar-refractivity contribution is -0.141. The number of rotatable bonds is 8. The largest absolute Gasteiger partial charge is 0.481 e. The summed E-state index contributed by atoms with van der Waals surface area (Å²) in [4.78, 5) is 13.6. The minimum absolute atomic E-state index is 0.180. The van der Waals surface area contributed by atoms with E-state index in [0.717, 1.165) is 31.4 Å². The van der Waals surface area contributed by atoms with Crippen LogP contribution in [0.1, 0.15) is 57.9 Å². The fraction of sp³-hybridized carbons (Fsp3) is 0.519. The van der Waals surface area contributed by atoms with Crippen molar-refractivity contribution in [2.75, 3.05) is 18.5 Å². The minimum atomic E-state index is -3.81. The van der Waals surface area contributed by atoms with E-state index in [9.17, 15) is 18.3 Å². The second-order valence-electron chi connectivity index (χ2n) is 9.61. The summed E-state index contributed by atoms with van der Waals surface area (Å²) in [6.07, 6.45) is 13.7. The molecule has 0 unspecified atom stereocenters. The Hall–Kier alpha value is -2.09. The molecule has 2 atom stereocenters. The normalized spacial score (nSPS) is 22.6. The van der Waals surface area contributed by atoms with Crippen LogP contribution in [-0.2, 0) is 21.2 Å². The summed E-state index contributed by atoms with van der Waals surface area (Å²) < 4.78 is 29.5. The van der Waals surface area contributed by atoms with Gasteiger partial charge in [-0.2, -0.15) is 4.31 Å². The number of likely N-dealkylation sites (N-methyl/N-ethyl adjacent to an activating group) is 1. The predicted octanol–water partition coefficient (Wildman–Crippen LogP) is 6.03. The molecule has 1 saturated carbocycles. The summed E-state index contributed by atoms with van der Waals surface area (Å²) in [7, 11) is -2.12. The first-order valence-corrected chi connectivity index (χ1v) is 14.2. The van der Waals surface area contributed by atoms with Crippen molar-refractivity contribution in [3.63, 3.8) is 0 Å². The van der Waals surface area contributed by atoms with Gasteiger partial charge in [0.15, 0.2) is 0 Å². The third-order valence-electron chi connectivity index (χ3n) is 7.31. The molecule has 0 radical (unpaired) electrons. The smallest absolute Gasteiger partial charge is 0.306 e. The molecule has 0 aromatic heterocycles. The monoisotopic (exact) mass is 520 g/mol. The Labute approximate surface area is 215 Å². The zero-order chi connectivity index (χ0) is 25.8. The molecule has 1 aliphatic carbocycles. The maximum Gasteiger partial charge on any atom is 0.306 e. The fourth-order valence-electron chi connectivity index (χ4n) is 5.16. The lowest BCUT2D eigenvalue weighted by atomic mass is 9.83. The van der Waals surface area contributed by atoms with Crippen molar-refractivity contribution in [2.45, 2.75) is 69.7 Å². The van der Waals surface area contributed by atoms with Gasteiger partial charge >= 0.3 is 5.97 Å². The predicted molar refractivity (Wildman–Crippen MR) is 142 cm³/mol. The van der Waals surface area contributed by atoms with Crippen LogP contribution in [0.3, 0.4) is 0 Å². The highest BCUT2D eigenvalue weighted by Crippen LogP contribution is 2.41. The number of carboxylic acids is 1. The van der Waals surface area contributed by atoms with Crippen LogP contribution in [0, 0.1) is 11.8 Å². The van der Waals surface area contributed by atoms with Gasteiger partial charge in [0.05, 0.1) is 11.6 Å². The average Bonchev–Trinajstić information content (AvgIpc) is 2.90. The van der Waals surface area contributed by atoms with Crippen molar-refractivity contribution in [3.8, 4) is 0 Å². The van der Waals surface area contributed by atoms with Gasteiger partial charge in [-0.25, -0.2) is 8.42 Å². The topological polar surface area (TPSA) is 77.9 Å². The van der Waals surface area contributed by atoms with Crippen LogP contribution in [0.5, 0.6) is 0 Å². The third-order valence-corrected chi connectivity index (χ3v) is 9.58. The number of carbonyl (C=O) groups is 1. The Kier molecular flexibility index (Phi) is 9.24. The van der Waals surface area contributed by atoms with Crippen LogP contribution in [0.4, 0.5) is 5.69 Å². The second kappa shape index (κ2) is 11.8. The molecule has 1 aromatic rings. The highest BCUT2D eigenvalue weighted by atomic mass is 35.5. The zero-order valence-electron chi connectivity index (χ0n) is 20.9. The zero-order valence-corrected chi connectivity index (χ0v) is 22.5. The van der Waals surface area contributed by atoms with Crippen molar-refractivity contribution < 1.29 is 18.3 Å². The van der Waals surface area contributed by atoms with E-state index in [2.05, 4.69) is 6.58 Å². The number of allylic oxidation sites excluding steroid dienone is 4. The quantitative estimate of drug-likeness (QED) is 0.423. The number of benzene rings is 1. The maximum absolute atomic E-state index is 14.0. The minimum Gasteiger partial charge on any atom is -0.481 e. The molecule has 2 aliphatic rings. The molecule has 6 nitrogen and oxygen atoms in total. The SMILES string of the molecule is C=C/C=C(\C=C/C)N1C[C@@H](C2CCCCC2)N(C)S(=O)(=O)c2cc(CC[C@@H](C)C(=O)O)c(Cl)cc21. The Bertz CT molecular complexity index is 1110. The number of aliphatic carboxylic acids is 1. The van der Waals surface area contributed by atoms with Crippen LogP contribution in [0.25, 0.3) is 0 Å². The van der Waals surface area contributed by atoms with E-state index in [-0.39, 0.29) is 16.9 Å². The van der Waals surface area contributed by atoms with E-state index in [4.69, 9.17) is 11.6 Å². The third kappa shape index (κ3) is 6.01. The number of nitrogens with zero attached hydrogens (tertiary/aromatic N) is 2. The standard InChI is InChI=1S/C27H37ClN2O4S/c1-5-10-22(11-6-2)30-18-25(20-12-8-7-9-13-20)29(4)35(33,34)26-16-21(23(28)17-24(26)30)15-14-19(3)27(31)32/h5-6,10-11,16-17,19-20,25H,1,7-9,12-15,18H2,2-4H3,(H,31,32)/b11-6-,22-10+/t19-,25+/m1/s1. The van der Waals surface area contributed by atoms with Gasteiger partial charge in [-0.1, -0.05) is 56.5 Å². The van der Waals surface area contributed by atoms with Gasteiger partial charge in [-0.3, -0.25) is 4.79 Å². The number of sulfonamides is 1. The van der Waals surface area contributed by atoms with Gasteiger partial charge < -0.3 is 10.0 Å². The maximum atomic E-state index is 14.0. The van der Waals surface area contributed by atoms with Crippen LogP contribution in [0.2, 0.25) is 5.02 Å². The van der Waals surface area contributed by atoms with Gasteiger partial charge in [0.1, 0.15) is 4.90 Å². The first kappa shape index (κ1) is 27.5. The number of halogens is 1. The molecule has 1 fully saturated rings. The molecule has 1 aromatic carbocycles. The Morgan fingerprint density at radius 1 is 1.29 bits per heavy atom. The van der Waals surface area contributed by atoms with Gasteiger partial charge in [0, 0.05) is 30.4 Å². The van der Waals surface area contributed by atoms with Crippen molar-refractivity contribution in [1.82, 2.24) is 4.31 Å². The molecule has 192 valence electrons. The van der Waals surface area contributed by atoms with E-state index >= 15 is 0 Å². The number of hydrogen-bond acceptors (Lipinski definition) is 4. The highest BCUT2D eigenvalue weighted by molar-refractivity contribution is 7.89. The van der Waals surface area contributed by atoms with Crippen LogP contribution >= 0.6 is 11.6 Å². The fourth-order valence-corrected chi connectivity index (χ4v) is 7.04. The average molecular weight is 521 g/mol. The summed E-state index contributed by atoms with van der Waals surface area (Å²) in [5.74, 6) is -1.15. The number of fused-ring (bicyclic) bond motifs is 1. The lowest BCUT2D eigenvalue weighted by Gasteiger charge is -2.37. The van der Waals surface area contributed by atoms with Crippen molar-refractivity contribution in [3.05, 3.63) is 59.3 Å². The molecular weight excluding hydrogens is 484 g/mol. The first-order chi connectivity index (χ1) is 16.6. The van der Waals surface area contributed by atoms with Gasteiger partial charge in [-0.05, 0) is 68.4 Å². The van der Waals surface area contributed by atoms with Gasteiger partial charge in [0.2, 0.25) is 10.0 Å². The number of aryl methyl sites for hydroxylation is 1. The molecule has 0 spiro atoms. The van der Waals surface area contributed by atoms with Gasteiger partial charge in [-0.15, -0.1) is 0 Å². The molecular formula is C27H37ClN2O4S. The van der Waals surface area contributed by atoms with E-state index in [0.29, 0.717) is 35.7 Å².